The third kappa shape index (κ3) is 3.33. The molecule has 5 heteroatoms. The van der Waals surface area contributed by atoms with Crippen LogP contribution < -0.4 is 9.80 Å². The van der Waals surface area contributed by atoms with Crippen LogP contribution in [0.5, 0.6) is 0 Å². The fourth-order valence-electron chi connectivity index (χ4n) is 3.88. The minimum atomic E-state index is 0.878. The van der Waals surface area contributed by atoms with Gasteiger partial charge in [0.25, 0.3) is 0 Å². The molecule has 0 radical (unpaired) electrons. The number of fused-ring (bicyclic) bond motifs is 1. The molecule has 0 bridgehead atoms. The highest BCUT2D eigenvalue weighted by atomic mass is 32.1. The van der Waals surface area contributed by atoms with Crippen LogP contribution in [0.15, 0.2) is 24.3 Å². The van der Waals surface area contributed by atoms with Crippen LogP contribution in [0.3, 0.4) is 0 Å². The first-order chi connectivity index (χ1) is 12.5. The van der Waals surface area contributed by atoms with Crippen molar-refractivity contribution in [2.45, 2.75) is 34.2 Å². The van der Waals surface area contributed by atoms with E-state index in [0.717, 1.165) is 49.2 Å². The highest BCUT2D eigenvalue weighted by molar-refractivity contribution is 7.18. The predicted octanol–water partition coefficient (Wildman–Crippen LogP) is 2.83. The second kappa shape index (κ2) is 6.97. The Balaban J connectivity index is 1.52. The zero-order valence-electron chi connectivity index (χ0n) is 16.1. The van der Waals surface area contributed by atoms with Crippen LogP contribution in [-0.4, -0.2) is 36.1 Å². The average Bonchev–Trinajstić information content (AvgIpc) is 2.89. The summed E-state index contributed by atoms with van der Waals surface area (Å²) in [6, 6.07) is 8.91. The molecule has 3 heterocycles. The van der Waals surface area contributed by atoms with Crippen molar-refractivity contribution in [2.75, 3.05) is 31.1 Å². The van der Waals surface area contributed by atoms with E-state index >= 15 is 0 Å². The van der Waals surface area contributed by atoms with Crippen molar-refractivity contribution in [1.82, 2.24) is 9.97 Å². The molecule has 0 aliphatic carbocycles. The van der Waals surface area contributed by atoms with Gasteiger partial charge in [-0.25, -0.2) is 9.97 Å². The molecule has 4 rings (SSSR count). The zero-order valence-corrected chi connectivity index (χ0v) is 16.9. The van der Waals surface area contributed by atoms with Gasteiger partial charge in [-0.3, -0.25) is 0 Å². The number of aryl methyl sites for hydroxylation is 4. The van der Waals surface area contributed by atoms with Gasteiger partial charge < -0.3 is 9.80 Å². The molecule has 1 aromatic carbocycles. The van der Waals surface area contributed by atoms with Crippen LogP contribution in [-0.2, 0) is 6.54 Å². The number of piperazine rings is 1. The number of nitrogens with zero attached hydrogens (tertiary/aromatic N) is 3. The summed E-state index contributed by atoms with van der Waals surface area (Å²) in [5.41, 5.74) is 4.13. The minimum absolute atomic E-state index is 0.878. The fraction of sp³-hybridized carbons (Fsp3) is 0.429. The lowest BCUT2D eigenvalue weighted by Gasteiger charge is -2.33. The number of thiophene rings is 1. The number of nitrogens with one attached hydrogen (secondary N) is 1. The van der Waals surface area contributed by atoms with Gasteiger partial charge in [0, 0.05) is 10.4 Å². The Labute approximate surface area is 159 Å². The maximum absolute atomic E-state index is 4.83. The Morgan fingerprint density at radius 2 is 1.85 bits per heavy atom. The van der Waals surface area contributed by atoms with Crippen LogP contribution in [0.1, 0.15) is 27.4 Å². The standard InChI is InChI=1S/C21H26N4S/c1-14-6-5-7-18(12-14)13-24-8-10-25(11-9-24)20-19-15(2)16(3)26-21(19)23-17(4)22-20/h5-7,12H,8-11,13H2,1-4H3/p+1. The summed E-state index contributed by atoms with van der Waals surface area (Å²) in [5.74, 6) is 2.02. The van der Waals surface area contributed by atoms with E-state index in [1.54, 1.807) is 16.2 Å². The van der Waals surface area contributed by atoms with Crippen molar-refractivity contribution < 1.29 is 4.90 Å². The molecule has 0 atom stereocenters. The largest absolute Gasteiger partial charge is 0.345 e. The van der Waals surface area contributed by atoms with Crippen LogP contribution in [0.25, 0.3) is 10.2 Å². The van der Waals surface area contributed by atoms with E-state index in [2.05, 4.69) is 54.9 Å². The molecular weight excluding hydrogens is 340 g/mol. The van der Waals surface area contributed by atoms with Gasteiger partial charge in [-0.15, -0.1) is 11.3 Å². The molecule has 136 valence electrons. The number of benzene rings is 1. The van der Waals surface area contributed by atoms with Crippen molar-refractivity contribution in [3.63, 3.8) is 0 Å². The van der Waals surface area contributed by atoms with Gasteiger partial charge in [0.05, 0.1) is 31.6 Å². The third-order valence-electron chi connectivity index (χ3n) is 5.43. The van der Waals surface area contributed by atoms with E-state index in [1.165, 1.54) is 27.0 Å². The number of quaternary nitrogens is 1. The molecule has 1 N–H and O–H groups in total. The number of anilines is 1. The first kappa shape index (κ1) is 17.4. The maximum Gasteiger partial charge on any atom is 0.141 e. The lowest BCUT2D eigenvalue weighted by Crippen LogP contribution is -3.13. The molecule has 1 aliphatic rings. The SMILES string of the molecule is Cc1cccc(C[NH+]2CCN(c3nc(C)nc4sc(C)c(C)c34)CC2)c1. The number of hydrogen-bond donors (Lipinski definition) is 1. The molecular formula is C21H27N4S+. The topological polar surface area (TPSA) is 33.5 Å². The van der Waals surface area contributed by atoms with Gasteiger partial charge in [-0.05, 0) is 33.3 Å². The molecule has 1 fully saturated rings. The van der Waals surface area contributed by atoms with Crippen molar-refractivity contribution in [3.05, 3.63) is 51.7 Å². The van der Waals surface area contributed by atoms with Gasteiger partial charge >= 0.3 is 0 Å². The van der Waals surface area contributed by atoms with Crippen molar-refractivity contribution in [2.24, 2.45) is 0 Å². The summed E-state index contributed by atoms with van der Waals surface area (Å²) >= 11 is 1.79. The fourth-order valence-corrected chi connectivity index (χ4v) is 4.95. The Bertz CT molecular complexity index is 939. The molecule has 1 aliphatic heterocycles. The molecule has 26 heavy (non-hydrogen) atoms. The molecule has 0 unspecified atom stereocenters. The van der Waals surface area contributed by atoms with E-state index in [4.69, 9.17) is 4.98 Å². The lowest BCUT2D eigenvalue weighted by molar-refractivity contribution is -0.914. The minimum Gasteiger partial charge on any atom is -0.345 e. The van der Waals surface area contributed by atoms with Crippen LogP contribution >= 0.6 is 11.3 Å². The Morgan fingerprint density at radius 1 is 1.08 bits per heavy atom. The lowest BCUT2D eigenvalue weighted by atomic mass is 10.1. The van der Waals surface area contributed by atoms with Crippen molar-refractivity contribution in [3.8, 4) is 0 Å². The van der Waals surface area contributed by atoms with Gasteiger partial charge in [0.15, 0.2) is 0 Å². The number of hydrogen-bond acceptors (Lipinski definition) is 4. The van der Waals surface area contributed by atoms with E-state index in [9.17, 15) is 0 Å². The molecule has 0 amide bonds. The van der Waals surface area contributed by atoms with Gasteiger partial charge in [0.1, 0.15) is 23.0 Å². The zero-order chi connectivity index (χ0) is 18.3. The summed E-state index contributed by atoms with van der Waals surface area (Å²) in [7, 11) is 0. The average molecular weight is 368 g/mol. The molecule has 4 nitrogen and oxygen atoms in total. The Hall–Kier alpha value is -1.98. The van der Waals surface area contributed by atoms with Gasteiger partial charge in [-0.1, -0.05) is 29.8 Å². The van der Waals surface area contributed by atoms with Crippen molar-refractivity contribution >= 4 is 27.4 Å². The summed E-state index contributed by atoms with van der Waals surface area (Å²) in [5, 5.41) is 1.26. The summed E-state index contributed by atoms with van der Waals surface area (Å²) < 4.78 is 0. The highest BCUT2D eigenvalue weighted by Crippen LogP contribution is 2.34. The Morgan fingerprint density at radius 3 is 2.58 bits per heavy atom. The summed E-state index contributed by atoms with van der Waals surface area (Å²) in [6.07, 6.45) is 0. The summed E-state index contributed by atoms with van der Waals surface area (Å²) in [4.78, 5) is 16.1. The highest BCUT2D eigenvalue weighted by Gasteiger charge is 2.24. The van der Waals surface area contributed by atoms with Gasteiger partial charge in [0.2, 0.25) is 0 Å². The van der Waals surface area contributed by atoms with Crippen LogP contribution in [0.4, 0.5) is 5.82 Å². The second-order valence-electron chi connectivity index (χ2n) is 7.46. The molecule has 1 saturated heterocycles. The van der Waals surface area contributed by atoms with E-state index in [0.29, 0.717) is 0 Å². The maximum atomic E-state index is 4.83. The quantitative estimate of drug-likeness (QED) is 0.773. The molecule has 2 aromatic heterocycles. The molecule has 3 aromatic rings. The van der Waals surface area contributed by atoms with E-state index < -0.39 is 0 Å². The molecule has 0 saturated carbocycles. The van der Waals surface area contributed by atoms with Crippen LogP contribution in [0.2, 0.25) is 0 Å². The summed E-state index contributed by atoms with van der Waals surface area (Å²) in [6.45, 7) is 14.1. The second-order valence-corrected chi connectivity index (χ2v) is 8.66. The Kier molecular flexibility index (Phi) is 4.67. The predicted molar refractivity (Wildman–Crippen MR) is 109 cm³/mol. The number of rotatable bonds is 3. The number of aromatic nitrogens is 2. The normalized spacial score (nSPS) is 15.8. The van der Waals surface area contributed by atoms with Crippen molar-refractivity contribution in [1.29, 1.82) is 0 Å². The van der Waals surface area contributed by atoms with E-state index in [-0.39, 0.29) is 0 Å². The van der Waals surface area contributed by atoms with Crippen LogP contribution in [0, 0.1) is 27.7 Å². The first-order valence-corrected chi connectivity index (χ1v) is 10.2. The smallest absolute Gasteiger partial charge is 0.141 e. The monoisotopic (exact) mass is 367 g/mol. The van der Waals surface area contributed by atoms with Gasteiger partial charge in [-0.2, -0.15) is 0 Å². The first-order valence-electron chi connectivity index (χ1n) is 9.39. The third-order valence-corrected chi connectivity index (χ3v) is 6.53. The molecule has 0 spiro atoms. The van der Waals surface area contributed by atoms with E-state index in [1.807, 2.05) is 6.92 Å².